The third kappa shape index (κ3) is 11.0. The summed E-state index contributed by atoms with van der Waals surface area (Å²) >= 11 is 0. The Morgan fingerprint density at radius 3 is 2.16 bits per heavy atom. The number of carbonyl (C=O) groups is 2. The molecule has 1 atom stereocenters. The summed E-state index contributed by atoms with van der Waals surface area (Å²) < 4.78 is 107. The summed E-state index contributed by atoms with van der Waals surface area (Å²) in [4.78, 5) is 27.9. The predicted molar refractivity (Wildman–Crippen MR) is 181 cm³/mol. The highest BCUT2D eigenvalue weighted by molar-refractivity contribution is 7.88. The summed E-state index contributed by atoms with van der Waals surface area (Å²) in [6.07, 6.45) is -3.41. The topological polar surface area (TPSA) is 161 Å². The van der Waals surface area contributed by atoms with Crippen molar-refractivity contribution in [2.24, 2.45) is 7.05 Å². The van der Waals surface area contributed by atoms with Crippen LogP contribution in [0.25, 0.3) is 0 Å². The van der Waals surface area contributed by atoms with Crippen LogP contribution in [0.3, 0.4) is 0 Å². The Hall–Kier alpha value is -3.47. The van der Waals surface area contributed by atoms with Gasteiger partial charge in [-0.15, -0.1) is 0 Å². The molecule has 4 rings (SSSR count). The first kappa shape index (κ1) is 45.6. The quantitative estimate of drug-likeness (QED) is 0.159. The number of aryl methyl sites for hydroxylation is 1. The van der Waals surface area contributed by atoms with Gasteiger partial charge in [-0.3, -0.25) is 22.7 Å². The van der Waals surface area contributed by atoms with Crippen molar-refractivity contribution < 1.29 is 53.1 Å². The van der Waals surface area contributed by atoms with Crippen molar-refractivity contribution in [3.63, 3.8) is 0 Å². The van der Waals surface area contributed by atoms with Gasteiger partial charge in [0, 0.05) is 43.0 Å². The maximum absolute atomic E-state index is 14.1. The van der Waals surface area contributed by atoms with E-state index >= 15 is 0 Å². The van der Waals surface area contributed by atoms with Crippen molar-refractivity contribution in [3.8, 4) is 6.07 Å². The first-order valence-electron chi connectivity index (χ1n) is 15.7. The zero-order chi connectivity index (χ0) is 38.3. The number of amides is 2. The number of nitrogens with one attached hydrogen (secondary N) is 1. The van der Waals surface area contributed by atoms with Gasteiger partial charge in [0.15, 0.2) is 12.3 Å². The number of hydrogen-bond acceptors (Lipinski definition) is 9. The minimum atomic E-state index is -6.28. The number of fused-ring (bicyclic) bond motifs is 1. The maximum Gasteiger partial charge on any atom is 0.523 e. The second-order valence-corrected chi connectivity index (χ2v) is 15.7. The number of nitriles is 1. The molecule has 2 amide bonds. The van der Waals surface area contributed by atoms with E-state index < -0.39 is 67.1 Å². The van der Waals surface area contributed by atoms with E-state index in [1.54, 1.807) is 24.3 Å². The largest absolute Gasteiger partial charge is 0.523 e. The molecule has 2 heterocycles. The summed E-state index contributed by atoms with van der Waals surface area (Å²) in [7, 11) is -6.67. The van der Waals surface area contributed by atoms with Gasteiger partial charge in [0.25, 0.3) is 11.8 Å². The van der Waals surface area contributed by atoms with Crippen molar-refractivity contribution in [2.45, 2.75) is 95.9 Å². The summed E-state index contributed by atoms with van der Waals surface area (Å²) in [6.45, 7) is 7.84. The molecule has 51 heavy (non-hydrogen) atoms. The first-order valence-corrected chi connectivity index (χ1v) is 18.3. The zero-order valence-electron chi connectivity index (χ0n) is 28.8. The lowest BCUT2D eigenvalue weighted by Gasteiger charge is -2.35. The minimum absolute atomic E-state index is 0. The monoisotopic (exact) mass is 771 g/mol. The summed E-state index contributed by atoms with van der Waals surface area (Å²) in [6, 6.07) is 8.64. The molecule has 1 fully saturated rings. The van der Waals surface area contributed by atoms with Crippen molar-refractivity contribution in [2.75, 3.05) is 26.3 Å². The molecule has 1 aliphatic carbocycles. The number of halogens is 5. The average molecular weight is 772 g/mol. The van der Waals surface area contributed by atoms with Crippen LogP contribution in [0.5, 0.6) is 0 Å². The Kier molecular flexibility index (Phi) is 15.9. The Morgan fingerprint density at radius 1 is 1.08 bits per heavy atom. The summed E-state index contributed by atoms with van der Waals surface area (Å²) in [5.74, 6) is -0.962. The van der Waals surface area contributed by atoms with E-state index in [2.05, 4.69) is 19.3 Å². The third-order valence-corrected chi connectivity index (χ3v) is 10.9. The molecule has 1 unspecified atom stereocenters. The highest BCUT2D eigenvalue weighted by Gasteiger charge is 2.56. The lowest BCUT2D eigenvalue weighted by Crippen LogP contribution is -2.49. The minimum Gasteiger partial charge on any atom is -0.347 e. The molecule has 288 valence electrons. The van der Waals surface area contributed by atoms with Crippen LogP contribution in [0.15, 0.2) is 24.3 Å². The SMILES string of the molecule is C.CC.CC.Cn1nc(C(=O)NCc2ccc(C#N)cc2)c2c1C(=O)N(CC1(S(=O)C(C)(C)COC(F)(F)COS(=O)(=O)C(F)(F)F)CC1)CC2. The van der Waals surface area contributed by atoms with Crippen molar-refractivity contribution >= 4 is 32.7 Å². The van der Waals surface area contributed by atoms with E-state index in [1.165, 1.54) is 30.5 Å². The number of aromatic nitrogens is 2. The predicted octanol–water partition coefficient (Wildman–Crippen LogP) is 5.44. The highest BCUT2D eigenvalue weighted by Crippen LogP contribution is 2.47. The van der Waals surface area contributed by atoms with Gasteiger partial charge < -0.3 is 15.0 Å². The third-order valence-electron chi connectivity index (χ3n) is 7.50. The molecule has 0 saturated heterocycles. The molecule has 12 nitrogen and oxygen atoms in total. The number of carbonyl (C=O) groups excluding carboxylic acids is 2. The molecular weight excluding hydrogens is 726 g/mol. The van der Waals surface area contributed by atoms with Gasteiger partial charge in [0.05, 0.1) is 27.7 Å². The van der Waals surface area contributed by atoms with Crippen LogP contribution >= 0.6 is 0 Å². The van der Waals surface area contributed by atoms with Gasteiger partial charge in [-0.2, -0.15) is 40.7 Å². The fraction of sp³-hybridized carbons (Fsp3) is 0.625. The van der Waals surface area contributed by atoms with Crippen LogP contribution in [0.2, 0.25) is 0 Å². The Bertz CT molecular complexity index is 1690. The number of rotatable bonds is 13. The van der Waals surface area contributed by atoms with E-state index in [0.29, 0.717) is 24.0 Å². The molecule has 0 radical (unpaired) electrons. The van der Waals surface area contributed by atoms with Crippen molar-refractivity contribution in [1.29, 1.82) is 5.26 Å². The van der Waals surface area contributed by atoms with E-state index in [-0.39, 0.29) is 44.9 Å². The first-order chi connectivity index (χ1) is 23.2. The van der Waals surface area contributed by atoms with Crippen molar-refractivity contribution in [1.82, 2.24) is 20.0 Å². The lowest BCUT2D eigenvalue weighted by molar-refractivity contribution is -0.255. The van der Waals surface area contributed by atoms with Gasteiger partial charge in [-0.1, -0.05) is 47.3 Å². The highest BCUT2D eigenvalue weighted by atomic mass is 32.2. The number of benzene rings is 1. The standard InChI is InChI=1S/C27H30F5N5O7S2.2C2H6.CH4/c1-24(2,15-43-26(28,29)16-44-46(41,42)27(30,31)32)45(40)25(9-10-25)14-37-11-8-19-20(35-36(3)21(19)23(37)39)22(38)34-13-18-6-4-17(12-33)5-7-18;2*1-2;/h4-7H,8-11,13-16H2,1-3H3,(H,34,38);2*1-2H3;1H4. The lowest BCUT2D eigenvalue weighted by atomic mass is 10.0. The molecule has 1 aromatic carbocycles. The Balaban J connectivity index is 0.00000251. The average Bonchev–Trinajstić information content (AvgIpc) is 3.78. The van der Waals surface area contributed by atoms with E-state index in [9.17, 15) is 44.2 Å². The van der Waals surface area contributed by atoms with Crippen LogP contribution in [0.4, 0.5) is 22.0 Å². The second kappa shape index (κ2) is 17.8. The van der Waals surface area contributed by atoms with E-state index in [4.69, 9.17) is 5.26 Å². The molecule has 0 spiro atoms. The summed E-state index contributed by atoms with van der Waals surface area (Å²) in [5, 5.41) is 15.9. The van der Waals surface area contributed by atoms with Crippen LogP contribution in [0.1, 0.15) is 99.5 Å². The number of nitrogens with zero attached hydrogens (tertiary/aromatic N) is 4. The van der Waals surface area contributed by atoms with Crippen molar-refractivity contribution in [3.05, 3.63) is 52.3 Å². The van der Waals surface area contributed by atoms with E-state index in [0.717, 1.165) is 5.56 Å². The van der Waals surface area contributed by atoms with Gasteiger partial charge in [-0.05, 0) is 50.8 Å². The normalized spacial score (nSPS) is 15.8. The van der Waals surface area contributed by atoms with Gasteiger partial charge in [0.2, 0.25) is 0 Å². The molecule has 1 aromatic heterocycles. The van der Waals surface area contributed by atoms with Crippen LogP contribution in [-0.4, -0.2) is 86.5 Å². The molecule has 1 aliphatic heterocycles. The molecule has 2 aromatic rings. The smallest absolute Gasteiger partial charge is 0.347 e. The Labute approximate surface area is 298 Å². The van der Waals surface area contributed by atoms with Crippen LogP contribution in [-0.2, 0) is 49.9 Å². The van der Waals surface area contributed by atoms with Crippen LogP contribution < -0.4 is 5.32 Å². The van der Waals surface area contributed by atoms with Gasteiger partial charge >= 0.3 is 21.7 Å². The zero-order valence-corrected chi connectivity index (χ0v) is 30.5. The number of alkyl halides is 5. The van der Waals surface area contributed by atoms with E-state index in [1.807, 2.05) is 33.8 Å². The van der Waals surface area contributed by atoms with Gasteiger partial charge in [0.1, 0.15) is 5.69 Å². The van der Waals surface area contributed by atoms with Gasteiger partial charge in [-0.25, -0.2) is 0 Å². The molecule has 19 heteroatoms. The molecular formula is C32H46F5N5O7S2. The molecule has 0 bridgehead atoms. The maximum atomic E-state index is 14.1. The number of ether oxygens (including phenoxy) is 1. The molecule has 2 aliphatic rings. The summed E-state index contributed by atoms with van der Waals surface area (Å²) in [5.41, 5.74) is -3.98. The Morgan fingerprint density at radius 2 is 1.65 bits per heavy atom. The number of hydrogen-bond donors (Lipinski definition) is 1. The van der Waals surface area contributed by atoms with Crippen LogP contribution in [0, 0.1) is 11.3 Å². The molecule has 1 saturated carbocycles. The fourth-order valence-corrected chi connectivity index (χ4v) is 7.44. The molecule has 1 N–H and O–H groups in total. The fourth-order valence-electron chi connectivity index (χ4n) is 4.93. The second-order valence-electron chi connectivity index (χ2n) is 11.6.